The first kappa shape index (κ1) is 50.3. The normalized spacial score (nSPS) is 26.2. The van der Waals surface area contributed by atoms with Crippen LogP contribution in [0.3, 0.4) is 0 Å². The van der Waals surface area contributed by atoms with Gasteiger partial charge in [-0.25, -0.2) is 4.98 Å². The van der Waals surface area contributed by atoms with Gasteiger partial charge >= 0.3 is 0 Å². The number of piperidine rings is 2. The van der Waals surface area contributed by atoms with Crippen LogP contribution >= 0.6 is 11.3 Å². The van der Waals surface area contributed by atoms with Gasteiger partial charge in [0.15, 0.2) is 5.82 Å². The summed E-state index contributed by atoms with van der Waals surface area (Å²) in [6.07, 6.45) is 8.21. The molecule has 0 radical (unpaired) electrons. The Morgan fingerprint density at radius 3 is 2.07 bits per heavy atom. The number of carbonyl (C=O) groups excluding carboxylic acids is 3. The molecule has 10 rings (SSSR count). The molecule has 4 aromatic rings. The van der Waals surface area contributed by atoms with Crippen molar-refractivity contribution in [1.82, 2.24) is 45.4 Å². The second kappa shape index (κ2) is 21.0. The van der Waals surface area contributed by atoms with Gasteiger partial charge in [-0.15, -0.1) is 21.5 Å². The van der Waals surface area contributed by atoms with Crippen LogP contribution in [0.5, 0.6) is 5.75 Å². The number of β-amino-alcohol motifs (C(OH)–C–C–N with tert-alkyl or cyclic N) is 1. The average molecular weight is 1000 g/mol. The number of phenolic OH excluding ortho intramolecular Hbond substituents is 1. The lowest BCUT2D eigenvalue weighted by Crippen LogP contribution is -2.62. The SMILES string of the molecule is CNc1nnc(-c2ccccc2O)cc1N1CCN(C2CCN(C3CCN(C4CC5(CC(C(=O)N[C@H](C(=O)N6C[C@H](O)C[C@H]6C(=O)NCc6ccc(-c7scnc7C)cc6)C(C)(C)C)C5)C4)CC3)CC2)CC1. The molecule has 3 atom stereocenters. The molecule has 0 unspecified atom stereocenters. The minimum Gasteiger partial charge on any atom is -0.507 e. The highest BCUT2D eigenvalue weighted by molar-refractivity contribution is 7.13. The highest BCUT2D eigenvalue weighted by Gasteiger charge is 2.57. The maximum atomic E-state index is 14.3. The third kappa shape index (κ3) is 10.6. The van der Waals surface area contributed by atoms with Gasteiger partial charge in [0.2, 0.25) is 17.7 Å². The number of aliphatic hydroxyl groups is 1. The molecule has 4 aliphatic heterocycles. The number of benzene rings is 2. The molecule has 6 aliphatic rings. The molecule has 72 heavy (non-hydrogen) atoms. The van der Waals surface area contributed by atoms with E-state index in [9.17, 15) is 24.6 Å². The van der Waals surface area contributed by atoms with Gasteiger partial charge < -0.3 is 45.8 Å². The van der Waals surface area contributed by atoms with Crippen LogP contribution in [0.4, 0.5) is 11.5 Å². The summed E-state index contributed by atoms with van der Waals surface area (Å²) in [5, 5.41) is 39.4. The summed E-state index contributed by atoms with van der Waals surface area (Å²) in [7, 11) is 1.88. The third-order valence-electron chi connectivity index (χ3n) is 17.2. The number of aromatic hydroxyl groups is 1. The lowest BCUT2D eigenvalue weighted by atomic mass is 9.49. The van der Waals surface area contributed by atoms with Crippen molar-refractivity contribution in [3.8, 4) is 27.4 Å². The zero-order valence-electron chi connectivity index (χ0n) is 42.9. The van der Waals surface area contributed by atoms with Crippen molar-refractivity contribution in [1.29, 1.82) is 0 Å². The number of hydrogen-bond acceptors (Lipinski definition) is 14. The first-order valence-electron chi connectivity index (χ1n) is 26.5. The molecule has 386 valence electrons. The first-order chi connectivity index (χ1) is 34.6. The molecule has 6 heterocycles. The topological polar surface area (TPSA) is 183 Å². The van der Waals surface area contributed by atoms with E-state index in [-0.39, 0.29) is 47.8 Å². The quantitative estimate of drug-likeness (QED) is 0.110. The average Bonchev–Trinajstić information content (AvgIpc) is 3.99. The molecular formula is C55H75N11O5S. The van der Waals surface area contributed by atoms with Crippen LogP contribution < -0.4 is 20.9 Å². The molecule has 2 aromatic heterocycles. The minimum atomic E-state index is -0.822. The van der Waals surface area contributed by atoms with Gasteiger partial charge in [-0.1, -0.05) is 57.2 Å². The summed E-state index contributed by atoms with van der Waals surface area (Å²) in [5.74, 6) is 0.146. The number of carbonyl (C=O) groups is 3. The van der Waals surface area contributed by atoms with E-state index in [2.05, 4.69) is 50.7 Å². The summed E-state index contributed by atoms with van der Waals surface area (Å²) in [5.41, 5.74) is 6.85. The fourth-order valence-electron chi connectivity index (χ4n) is 12.9. The Labute approximate surface area is 428 Å². The molecule has 4 saturated heterocycles. The molecule has 17 heteroatoms. The fraction of sp³-hybridized carbons (Fsp3) is 0.600. The van der Waals surface area contributed by atoms with Gasteiger partial charge in [0.05, 0.1) is 33.6 Å². The summed E-state index contributed by atoms with van der Waals surface area (Å²) in [6, 6.07) is 17.6. The van der Waals surface area contributed by atoms with Crippen molar-refractivity contribution in [2.24, 2.45) is 16.7 Å². The number of thiazole rings is 1. The lowest BCUT2D eigenvalue weighted by Gasteiger charge is -2.60. The molecule has 1 spiro atoms. The van der Waals surface area contributed by atoms with Crippen molar-refractivity contribution >= 4 is 40.6 Å². The molecule has 6 fully saturated rings. The van der Waals surface area contributed by atoms with E-state index in [1.54, 1.807) is 17.4 Å². The Balaban J connectivity index is 0.639. The van der Waals surface area contributed by atoms with E-state index < -0.39 is 23.6 Å². The zero-order valence-corrected chi connectivity index (χ0v) is 43.7. The van der Waals surface area contributed by atoms with Gasteiger partial charge in [-0.05, 0) is 125 Å². The van der Waals surface area contributed by atoms with Crippen LogP contribution in [-0.2, 0) is 20.9 Å². The Bertz CT molecular complexity index is 2550. The fourth-order valence-corrected chi connectivity index (χ4v) is 13.7. The van der Waals surface area contributed by atoms with Gasteiger partial charge in [0.25, 0.3) is 0 Å². The number of rotatable bonds is 13. The highest BCUT2D eigenvalue weighted by Crippen LogP contribution is 2.60. The number of hydrogen-bond donors (Lipinski definition) is 5. The van der Waals surface area contributed by atoms with Crippen LogP contribution in [-0.4, -0.2) is 165 Å². The van der Waals surface area contributed by atoms with Crippen molar-refractivity contribution < 1.29 is 24.6 Å². The van der Waals surface area contributed by atoms with Crippen molar-refractivity contribution in [3.63, 3.8) is 0 Å². The van der Waals surface area contributed by atoms with E-state index in [1.165, 1.54) is 30.6 Å². The summed E-state index contributed by atoms with van der Waals surface area (Å²) in [6.45, 7) is 16.7. The molecule has 2 aromatic carbocycles. The maximum absolute atomic E-state index is 14.3. The summed E-state index contributed by atoms with van der Waals surface area (Å²) < 4.78 is 0. The number of nitrogens with one attached hydrogen (secondary N) is 3. The monoisotopic (exact) mass is 1000 g/mol. The largest absolute Gasteiger partial charge is 0.507 e. The van der Waals surface area contributed by atoms with E-state index in [0.717, 1.165) is 111 Å². The van der Waals surface area contributed by atoms with E-state index in [0.29, 0.717) is 35.9 Å². The van der Waals surface area contributed by atoms with Crippen molar-refractivity contribution in [3.05, 3.63) is 71.4 Å². The lowest BCUT2D eigenvalue weighted by molar-refractivity contribution is -0.150. The number of amides is 3. The second-order valence-corrected chi connectivity index (χ2v) is 23.7. The van der Waals surface area contributed by atoms with Crippen LogP contribution in [0.15, 0.2) is 60.1 Å². The number of aliphatic hydroxyl groups excluding tert-OH is 1. The smallest absolute Gasteiger partial charge is 0.246 e. The van der Waals surface area contributed by atoms with Gasteiger partial charge in [-0.2, -0.15) is 0 Å². The Morgan fingerprint density at radius 2 is 1.46 bits per heavy atom. The predicted molar refractivity (Wildman–Crippen MR) is 281 cm³/mol. The molecule has 3 amide bonds. The minimum absolute atomic E-state index is 0.0569. The highest BCUT2D eigenvalue weighted by atomic mass is 32.1. The summed E-state index contributed by atoms with van der Waals surface area (Å²) >= 11 is 1.60. The van der Waals surface area contributed by atoms with E-state index in [4.69, 9.17) is 0 Å². The zero-order chi connectivity index (χ0) is 50.3. The van der Waals surface area contributed by atoms with Crippen molar-refractivity contribution in [2.75, 3.05) is 76.2 Å². The number of aromatic nitrogens is 3. The predicted octanol–water partition coefficient (Wildman–Crippen LogP) is 5.74. The number of aryl methyl sites for hydroxylation is 1. The Kier molecular flexibility index (Phi) is 14.7. The standard InChI is InChI=1S/C55H75N11O5S/c1-35-48(72-34-58-35)37-12-10-36(11-13-37)32-57-52(70)46-26-42(67)33-66(46)53(71)49(54(2,3)4)59-51(69)38-28-55(29-38)30-41(31-55)63-20-16-39(17-21-63)62-18-14-40(15-19-62)64-22-24-65(25-23-64)45-27-44(60-61-50(45)56-5)43-8-6-7-9-47(43)68/h6-13,27,34,38-42,46,49,67-68H,14-26,28-33H2,1-5H3,(H,56,61)(H,57,70)(H,59,69)/t38?,41?,42-,46+,49-,55?/m1/s1. The van der Waals surface area contributed by atoms with Crippen LogP contribution in [0.2, 0.25) is 0 Å². The second-order valence-electron chi connectivity index (χ2n) is 22.8. The number of nitrogens with zero attached hydrogens (tertiary/aromatic N) is 8. The van der Waals surface area contributed by atoms with E-state index >= 15 is 0 Å². The molecule has 16 nitrogen and oxygen atoms in total. The molecular weight excluding hydrogens is 927 g/mol. The van der Waals surface area contributed by atoms with Crippen molar-refractivity contribution in [2.45, 2.75) is 128 Å². The molecule has 0 bridgehead atoms. The van der Waals surface area contributed by atoms with Crippen LogP contribution in [0.25, 0.3) is 21.7 Å². The van der Waals surface area contributed by atoms with E-state index in [1.807, 2.05) is 88.8 Å². The first-order valence-corrected chi connectivity index (χ1v) is 27.4. The molecule has 5 N–H and O–H groups in total. The van der Waals surface area contributed by atoms with Gasteiger partial charge in [-0.3, -0.25) is 19.3 Å². The third-order valence-corrected chi connectivity index (χ3v) is 18.1. The number of piperazine rings is 1. The Morgan fingerprint density at radius 1 is 0.819 bits per heavy atom. The molecule has 2 saturated carbocycles. The number of anilines is 2. The summed E-state index contributed by atoms with van der Waals surface area (Å²) in [4.78, 5) is 59.3. The number of para-hydroxylation sites is 1. The molecule has 2 aliphatic carbocycles. The number of phenols is 1. The van der Waals surface area contributed by atoms with Gasteiger partial charge in [0.1, 0.15) is 17.8 Å². The van der Waals surface area contributed by atoms with Gasteiger partial charge in [0, 0.05) is 82.3 Å². The Hall–Kier alpha value is -5.20. The number of likely N-dealkylation sites (tertiary alicyclic amines) is 3. The van der Waals surface area contributed by atoms with Crippen LogP contribution in [0.1, 0.15) is 89.8 Å². The van der Waals surface area contributed by atoms with Crippen LogP contribution in [0, 0.1) is 23.7 Å². The maximum Gasteiger partial charge on any atom is 0.246 e.